The van der Waals surface area contributed by atoms with Crippen LogP contribution >= 0.6 is 11.8 Å². The Kier molecular flexibility index (Phi) is 7.65. The average Bonchev–Trinajstić information content (AvgIpc) is 3.52. The first-order valence-electron chi connectivity index (χ1n) is 10.4. The summed E-state index contributed by atoms with van der Waals surface area (Å²) >= 11 is 1.48. The summed E-state index contributed by atoms with van der Waals surface area (Å²) in [6.45, 7) is 0. The number of thioether (sulfide) groups is 1. The molecule has 2 aromatic heterocycles. The van der Waals surface area contributed by atoms with E-state index in [1.807, 2.05) is 30.3 Å². The van der Waals surface area contributed by atoms with Crippen LogP contribution in [0.15, 0.2) is 57.1 Å². The fourth-order valence-corrected chi connectivity index (χ4v) is 4.14. The highest BCUT2D eigenvalue weighted by molar-refractivity contribution is 7.98. The van der Waals surface area contributed by atoms with E-state index in [1.165, 1.54) is 44.0 Å². The number of carbonyl (C=O) groups excluding carboxylic acids is 1. The van der Waals surface area contributed by atoms with E-state index in [2.05, 4.69) is 35.8 Å². The van der Waals surface area contributed by atoms with Crippen molar-refractivity contribution in [3.63, 3.8) is 0 Å². The number of anilines is 1. The number of nitrogens with one attached hydrogen (secondary N) is 1. The van der Waals surface area contributed by atoms with Gasteiger partial charge < -0.3 is 19.9 Å². The Morgan fingerprint density at radius 3 is 2.56 bits per heavy atom. The highest BCUT2D eigenvalue weighted by Gasteiger charge is 2.24. The molecule has 0 radical (unpaired) electrons. The third kappa shape index (κ3) is 5.07. The number of amides is 1. The lowest BCUT2D eigenvalue weighted by Crippen LogP contribution is -2.20. The highest BCUT2D eigenvalue weighted by Crippen LogP contribution is 2.39. The Morgan fingerprint density at radius 1 is 1.11 bits per heavy atom. The van der Waals surface area contributed by atoms with Gasteiger partial charge in [-0.05, 0) is 34.6 Å². The quantitative estimate of drug-likeness (QED) is 0.183. The Hall–Kier alpha value is -4.59. The summed E-state index contributed by atoms with van der Waals surface area (Å²) in [5.41, 5.74) is 9.32. The van der Waals surface area contributed by atoms with Crippen LogP contribution in [0.1, 0.15) is 21.7 Å². The second-order valence-electron chi connectivity index (χ2n) is 6.99. The molecule has 36 heavy (non-hydrogen) atoms. The summed E-state index contributed by atoms with van der Waals surface area (Å²) < 4.78 is 22.1. The van der Waals surface area contributed by atoms with Crippen LogP contribution in [0.5, 0.6) is 17.2 Å². The third-order valence-electron chi connectivity index (χ3n) is 4.90. The molecule has 0 fully saturated rings. The van der Waals surface area contributed by atoms with Crippen LogP contribution in [-0.4, -0.2) is 58.8 Å². The first-order chi connectivity index (χ1) is 17.6. The fourth-order valence-electron chi connectivity index (χ4n) is 3.22. The Morgan fingerprint density at radius 2 is 1.89 bits per heavy atom. The zero-order chi connectivity index (χ0) is 25.5. The molecule has 3 N–H and O–H groups in total. The Bertz CT molecular complexity index is 1370. The number of hydrazone groups is 1. The Labute approximate surface area is 209 Å². The molecule has 1 amide bonds. The van der Waals surface area contributed by atoms with Crippen molar-refractivity contribution < 1.29 is 23.6 Å². The highest BCUT2D eigenvalue weighted by atomic mass is 32.2. The molecule has 4 rings (SSSR count). The molecule has 0 unspecified atom stereocenters. The fraction of sp³-hybridized carbons (Fsp3) is 0.182. The molecule has 13 nitrogen and oxygen atoms in total. The molecule has 0 saturated carbocycles. The number of hydrogen-bond acceptors (Lipinski definition) is 12. The summed E-state index contributed by atoms with van der Waals surface area (Å²) in [5.74, 6) is 1.18. The third-order valence-corrected chi connectivity index (χ3v) is 5.92. The van der Waals surface area contributed by atoms with E-state index in [1.54, 1.807) is 12.1 Å². The van der Waals surface area contributed by atoms with Crippen LogP contribution in [0.3, 0.4) is 0 Å². The maximum Gasteiger partial charge on any atom is 0.293 e. The predicted molar refractivity (Wildman–Crippen MR) is 131 cm³/mol. The SMILES string of the molecule is COc1ccc(/C=N/NC(=O)c2nnn(-c3nonc3N)c2CSc2ccccc2)c(OC)c1OC. The summed E-state index contributed by atoms with van der Waals surface area (Å²) in [4.78, 5) is 14.0. The molecule has 0 saturated heterocycles. The standard InChI is InChI=1S/C22H22N8O5S/c1-32-16-10-9-13(18(33-2)19(16)34-3)11-24-26-22(31)17-15(12-36-14-7-5-4-6-8-14)30(29-25-17)21-20(23)27-35-28-21/h4-11H,12H2,1-3H3,(H2,23,27)(H,26,31)/b24-11+. The van der Waals surface area contributed by atoms with E-state index in [0.29, 0.717) is 34.3 Å². The average molecular weight is 511 g/mol. The van der Waals surface area contributed by atoms with E-state index >= 15 is 0 Å². The van der Waals surface area contributed by atoms with Gasteiger partial charge in [-0.1, -0.05) is 23.4 Å². The lowest BCUT2D eigenvalue weighted by Gasteiger charge is -2.13. The van der Waals surface area contributed by atoms with Gasteiger partial charge in [0.25, 0.3) is 5.91 Å². The summed E-state index contributed by atoms with van der Waals surface area (Å²) in [7, 11) is 4.51. The normalized spacial score (nSPS) is 11.0. The van der Waals surface area contributed by atoms with Crippen molar-refractivity contribution in [1.82, 2.24) is 30.7 Å². The van der Waals surface area contributed by atoms with E-state index in [4.69, 9.17) is 19.9 Å². The molecule has 2 heterocycles. The minimum atomic E-state index is -0.587. The van der Waals surface area contributed by atoms with Crippen molar-refractivity contribution in [2.75, 3.05) is 27.1 Å². The minimum absolute atomic E-state index is 0.0105. The van der Waals surface area contributed by atoms with E-state index < -0.39 is 5.91 Å². The van der Waals surface area contributed by atoms with Gasteiger partial charge in [0.05, 0.1) is 33.2 Å². The van der Waals surface area contributed by atoms with Gasteiger partial charge in [-0.3, -0.25) is 4.79 Å². The lowest BCUT2D eigenvalue weighted by atomic mass is 10.2. The maximum absolute atomic E-state index is 13.0. The monoisotopic (exact) mass is 510 g/mol. The molecule has 186 valence electrons. The van der Waals surface area contributed by atoms with Gasteiger partial charge in [-0.25, -0.2) is 10.1 Å². The van der Waals surface area contributed by atoms with Crippen LogP contribution in [0.2, 0.25) is 0 Å². The molecule has 14 heteroatoms. The van der Waals surface area contributed by atoms with Crippen LogP contribution in [-0.2, 0) is 5.75 Å². The molecule has 0 aliphatic heterocycles. The van der Waals surface area contributed by atoms with Gasteiger partial charge in [0.2, 0.25) is 17.4 Å². The van der Waals surface area contributed by atoms with Crippen LogP contribution in [0, 0.1) is 0 Å². The van der Waals surface area contributed by atoms with Crippen molar-refractivity contribution in [1.29, 1.82) is 0 Å². The van der Waals surface area contributed by atoms with Crippen molar-refractivity contribution in [2.24, 2.45) is 5.10 Å². The van der Waals surface area contributed by atoms with Crippen molar-refractivity contribution in [2.45, 2.75) is 10.6 Å². The van der Waals surface area contributed by atoms with E-state index in [0.717, 1.165) is 4.90 Å². The van der Waals surface area contributed by atoms with E-state index in [9.17, 15) is 4.79 Å². The molecule has 0 aliphatic carbocycles. The van der Waals surface area contributed by atoms with Crippen LogP contribution in [0.25, 0.3) is 5.82 Å². The topological polar surface area (TPSA) is 165 Å². The van der Waals surface area contributed by atoms with Gasteiger partial charge >= 0.3 is 0 Å². The van der Waals surface area contributed by atoms with Gasteiger partial charge in [0, 0.05) is 16.2 Å². The number of nitrogens with zero attached hydrogens (tertiary/aromatic N) is 6. The van der Waals surface area contributed by atoms with Crippen molar-refractivity contribution in [3.8, 4) is 23.1 Å². The molecule has 2 aromatic carbocycles. The second-order valence-corrected chi connectivity index (χ2v) is 8.04. The predicted octanol–water partition coefficient (Wildman–Crippen LogP) is 2.31. The Balaban J connectivity index is 1.59. The lowest BCUT2D eigenvalue weighted by molar-refractivity contribution is 0.0949. The zero-order valence-electron chi connectivity index (χ0n) is 19.5. The number of rotatable bonds is 10. The number of nitrogens with two attached hydrogens (primary N) is 1. The molecular formula is C22H22N8O5S. The molecule has 0 bridgehead atoms. The number of hydrogen-bond donors (Lipinski definition) is 2. The molecule has 0 aliphatic rings. The summed E-state index contributed by atoms with van der Waals surface area (Å²) in [6.07, 6.45) is 1.42. The minimum Gasteiger partial charge on any atom is -0.493 e. The van der Waals surface area contributed by atoms with Crippen LogP contribution < -0.4 is 25.4 Å². The summed E-state index contributed by atoms with van der Waals surface area (Å²) in [5, 5.41) is 19.5. The number of aromatic nitrogens is 5. The zero-order valence-corrected chi connectivity index (χ0v) is 20.4. The molecular weight excluding hydrogens is 488 g/mol. The smallest absolute Gasteiger partial charge is 0.293 e. The van der Waals surface area contributed by atoms with Gasteiger partial charge in [-0.15, -0.1) is 16.9 Å². The number of carbonyl (C=O) groups is 1. The second kappa shape index (κ2) is 11.2. The summed E-state index contributed by atoms with van der Waals surface area (Å²) in [6, 6.07) is 13.1. The van der Waals surface area contributed by atoms with Gasteiger partial charge in [0.15, 0.2) is 17.2 Å². The molecule has 0 atom stereocenters. The number of nitrogen functional groups attached to an aromatic ring is 1. The number of methoxy groups -OCH3 is 3. The van der Waals surface area contributed by atoms with Crippen molar-refractivity contribution >= 4 is 29.7 Å². The first-order valence-corrected chi connectivity index (χ1v) is 11.4. The van der Waals surface area contributed by atoms with Crippen LogP contribution in [0.4, 0.5) is 5.82 Å². The number of ether oxygens (including phenoxy) is 3. The maximum atomic E-state index is 13.0. The molecule has 4 aromatic rings. The van der Waals surface area contributed by atoms with Gasteiger partial charge in [0.1, 0.15) is 0 Å². The first kappa shape index (κ1) is 24.5. The largest absolute Gasteiger partial charge is 0.493 e. The number of benzene rings is 2. The van der Waals surface area contributed by atoms with Gasteiger partial charge in [-0.2, -0.15) is 9.78 Å². The van der Waals surface area contributed by atoms with Crippen molar-refractivity contribution in [3.05, 3.63) is 59.4 Å². The molecule has 0 spiro atoms. The van der Waals surface area contributed by atoms with E-state index in [-0.39, 0.29) is 17.3 Å².